The fourth-order valence-corrected chi connectivity index (χ4v) is 4.07. The van der Waals surface area contributed by atoms with E-state index in [1.807, 2.05) is 0 Å². The van der Waals surface area contributed by atoms with E-state index in [0.29, 0.717) is 0 Å². The summed E-state index contributed by atoms with van der Waals surface area (Å²) in [6.07, 6.45) is 0. The van der Waals surface area contributed by atoms with Crippen LogP contribution in [0.2, 0.25) is 0 Å². The number of nitrogens with one attached hydrogen (secondary N) is 2. The lowest BCUT2D eigenvalue weighted by Crippen LogP contribution is -2.07. The summed E-state index contributed by atoms with van der Waals surface area (Å²) in [7, 11) is -3.32. The van der Waals surface area contributed by atoms with Gasteiger partial charge in [0, 0.05) is 0 Å². The first-order chi connectivity index (χ1) is 5.83. The van der Waals surface area contributed by atoms with E-state index in [2.05, 4.69) is 0 Å². The van der Waals surface area contributed by atoms with E-state index in [4.69, 9.17) is 22.3 Å². The molecule has 0 rings (SSSR count). The Kier molecular flexibility index (Phi) is 8.77. The molecule has 0 bridgehead atoms. The fourth-order valence-electron chi connectivity index (χ4n) is 0.378. The molecule has 0 unspecified atom stereocenters. The van der Waals surface area contributed by atoms with Crippen molar-refractivity contribution in [1.29, 1.82) is 10.8 Å². The molecule has 0 aliphatic carbocycles. The van der Waals surface area contributed by atoms with Crippen molar-refractivity contribution >= 4 is 53.6 Å². The Morgan fingerprint density at radius 2 is 1.50 bits per heavy atom. The average molecular weight is 279 g/mol. The molecule has 7 N–H and O–H groups in total. The molecule has 0 saturated heterocycles. The predicted molar refractivity (Wildman–Crippen MR) is 65.8 cm³/mol. The summed E-state index contributed by atoms with van der Waals surface area (Å²) in [5.41, 5.74) is 9.77. The minimum atomic E-state index is -3.32. The number of nitrogens with two attached hydrogens (primary N) is 2. The molecule has 0 aromatic carbocycles. The number of thioether (sulfide) groups is 2. The molecule has 0 atom stereocenters. The summed E-state index contributed by atoms with van der Waals surface area (Å²) in [4.78, 5) is 9.22. The first kappa shape index (κ1) is 16.5. The Morgan fingerprint density at radius 1 is 1.21 bits per heavy atom. The Morgan fingerprint density at radius 3 is 1.71 bits per heavy atom. The maximum Gasteiger partial charge on any atom is 0.220 e. The number of rotatable bonds is 4. The van der Waals surface area contributed by atoms with Gasteiger partial charge in [0.15, 0.2) is 10.3 Å². The van der Waals surface area contributed by atoms with E-state index in [-0.39, 0.29) is 33.7 Å². The van der Waals surface area contributed by atoms with Crippen LogP contribution in [0.1, 0.15) is 0 Å². The summed E-state index contributed by atoms with van der Waals surface area (Å²) < 4.78 is 11.2. The zero-order chi connectivity index (χ0) is 10.5. The van der Waals surface area contributed by atoms with Gasteiger partial charge in [-0.15, -0.1) is 12.4 Å². The third-order valence-corrected chi connectivity index (χ3v) is 5.73. The smallest absolute Gasteiger partial charge is 0.220 e. The van der Waals surface area contributed by atoms with E-state index < -0.39 is 7.37 Å². The van der Waals surface area contributed by atoms with Gasteiger partial charge in [-0.25, -0.2) is 0 Å². The van der Waals surface area contributed by atoms with Crippen LogP contribution in [0.15, 0.2) is 0 Å². The summed E-state index contributed by atoms with van der Waals surface area (Å²) in [6, 6.07) is 0. The highest BCUT2D eigenvalue weighted by molar-refractivity contribution is 8.21. The lowest BCUT2D eigenvalue weighted by molar-refractivity contribution is 0.489. The molecule has 0 heterocycles. The minimum Gasteiger partial charge on any atom is -0.379 e. The first-order valence-corrected chi connectivity index (χ1v) is 7.08. The zero-order valence-corrected chi connectivity index (χ0v) is 10.4. The molecule has 84 valence electrons. The van der Waals surface area contributed by atoms with Gasteiger partial charge in [0.2, 0.25) is 7.37 Å². The SMILES string of the molecule is Cl.N=C(N)SCP(=O)(O)CSC(=N)N. The monoisotopic (exact) mass is 278 g/mol. The van der Waals surface area contributed by atoms with Crippen molar-refractivity contribution < 1.29 is 9.46 Å². The largest absolute Gasteiger partial charge is 0.379 e. The highest BCUT2D eigenvalue weighted by Crippen LogP contribution is 2.46. The summed E-state index contributed by atoms with van der Waals surface area (Å²) in [6.45, 7) is 0. The van der Waals surface area contributed by atoms with Crippen LogP contribution in [-0.4, -0.2) is 26.2 Å². The van der Waals surface area contributed by atoms with Gasteiger partial charge in [0.05, 0.1) is 11.0 Å². The Bertz CT molecular complexity index is 242. The maximum absolute atomic E-state index is 11.2. The van der Waals surface area contributed by atoms with Gasteiger partial charge in [-0.2, -0.15) is 0 Å². The zero-order valence-electron chi connectivity index (χ0n) is 7.10. The van der Waals surface area contributed by atoms with E-state index >= 15 is 0 Å². The molecular formula is C4H12ClN4O2PS2. The van der Waals surface area contributed by atoms with Gasteiger partial charge in [-0.3, -0.25) is 15.4 Å². The van der Waals surface area contributed by atoms with Crippen molar-refractivity contribution in [3.05, 3.63) is 0 Å². The number of amidine groups is 2. The molecule has 0 spiro atoms. The molecule has 14 heavy (non-hydrogen) atoms. The minimum absolute atomic E-state index is 0. The molecule has 6 nitrogen and oxygen atoms in total. The number of hydrogen-bond donors (Lipinski definition) is 5. The molecule has 0 saturated carbocycles. The summed E-state index contributed by atoms with van der Waals surface area (Å²) >= 11 is 1.63. The Labute approximate surface area is 96.5 Å². The topological polar surface area (TPSA) is 137 Å². The quantitative estimate of drug-likeness (QED) is 0.294. The van der Waals surface area contributed by atoms with Crippen LogP contribution in [0.4, 0.5) is 0 Å². The molecule has 0 radical (unpaired) electrons. The number of hydrogen-bond acceptors (Lipinski definition) is 5. The van der Waals surface area contributed by atoms with E-state index in [1.54, 1.807) is 0 Å². The third kappa shape index (κ3) is 10.2. The molecule has 10 heteroatoms. The predicted octanol–water partition coefficient (Wildman–Crippen LogP) is 0.847. The van der Waals surface area contributed by atoms with Crippen molar-refractivity contribution in [1.82, 2.24) is 0 Å². The van der Waals surface area contributed by atoms with Crippen LogP contribution in [0.25, 0.3) is 0 Å². The Balaban J connectivity index is 0. The van der Waals surface area contributed by atoms with Crippen LogP contribution >= 0.6 is 43.3 Å². The van der Waals surface area contributed by atoms with Crippen molar-refractivity contribution in [2.24, 2.45) is 11.5 Å². The van der Waals surface area contributed by atoms with Crippen LogP contribution in [-0.2, 0) is 4.57 Å². The second kappa shape index (κ2) is 7.42. The normalized spacial score (nSPS) is 13.8. The van der Waals surface area contributed by atoms with Crippen LogP contribution in [0, 0.1) is 10.8 Å². The maximum atomic E-state index is 11.2. The van der Waals surface area contributed by atoms with Gasteiger partial charge in [0.1, 0.15) is 0 Å². The lowest BCUT2D eigenvalue weighted by Gasteiger charge is -2.08. The number of halogens is 1. The van der Waals surface area contributed by atoms with Crippen LogP contribution < -0.4 is 11.5 Å². The molecule has 0 aliphatic rings. The van der Waals surface area contributed by atoms with E-state index in [1.165, 1.54) is 0 Å². The second-order valence-electron chi connectivity index (χ2n) is 2.12. The van der Waals surface area contributed by atoms with Crippen molar-refractivity contribution in [3.8, 4) is 0 Å². The van der Waals surface area contributed by atoms with Gasteiger partial charge >= 0.3 is 0 Å². The second-order valence-corrected chi connectivity index (χ2v) is 7.34. The highest BCUT2D eigenvalue weighted by atomic mass is 35.5. The molecule has 0 aromatic heterocycles. The van der Waals surface area contributed by atoms with E-state index in [0.717, 1.165) is 23.5 Å². The Hall–Kier alpha value is 0.120. The van der Waals surface area contributed by atoms with Crippen molar-refractivity contribution in [2.75, 3.05) is 11.0 Å². The first-order valence-electron chi connectivity index (χ1n) is 3.08. The molecule has 0 amide bonds. The van der Waals surface area contributed by atoms with Gasteiger partial charge < -0.3 is 16.4 Å². The van der Waals surface area contributed by atoms with Crippen molar-refractivity contribution in [3.63, 3.8) is 0 Å². The average Bonchev–Trinajstić information content (AvgIpc) is 1.98. The molecule has 0 aliphatic heterocycles. The van der Waals surface area contributed by atoms with Crippen molar-refractivity contribution in [2.45, 2.75) is 0 Å². The molecule has 0 fully saturated rings. The van der Waals surface area contributed by atoms with Crippen LogP contribution in [0.3, 0.4) is 0 Å². The molecular weight excluding hydrogens is 267 g/mol. The molecule has 0 aromatic rings. The highest BCUT2D eigenvalue weighted by Gasteiger charge is 2.19. The van der Waals surface area contributed by atoms with E-state index in [9.17, 15) is 9.46 Å². The third-order valence-electron chi connectivity index (χ3n) is 0.844. The van der Waals surface area contributed by atoms with Crippen LogP contribution in [0.5, 0.6) is 0 Å². The fraction of sp³-hybridized carbons (Fsp3) is 0.500. The summed E-state index contributed by atoms with van der Waals surface area (Å²) in [5, 5.41) is 13.3. The lowest BCUT2D eigenvalue weighted by atomic mass is 11.4. The van der Waals surface area contributed by atoms with Gasteiger partial charge in [0.25, 0.3) is 0 Å². The standard InChI is InChI=1S/C4H11N4O2PS2.ClH/c5-3(6)12-1-11(9,10)2-13-4(7)8;/h1-2H2,(H3,5,6)(H3,7,8)(H,9,10);1H. The summed E-state index contributed by atoms with van der Waals surface area (Å²) in [5.74, 6) is 0. The van der Waals surface area contributed by atoms with Gasteiger partial charge in [-0.1, -0.05) is 23.5 Å². The van der Waals surface area contributed by atoms with Gasteiger partial charge in [-0.05, 0) is 0 Å².